The smallest absolute Gasteiger partial charge is 0.247 e. The Morgan fingerprint density at radius 1 is 1.31 bits per heavy atom. The molecule has 3 heterocycles. The second kappa shape index (κ2) is 6.78. The lowest BCUT2D eigenvalue weighted by atomic mass is 10.0. The van der Waals surface area contributed by atoms with Crippen LogP contribution in [0.5, 0.6) is 0 Å². The summed E-state index contributed by atoms with van der Waals surface area (Å²) in [6.45, 7) is 1.65. The van der Waals surface area contributed by atoms with Crippen molar-refractivity contribution in [3.8, 4) is 21.9 Å². The van der Waals surface area contributed by atoms with Crippen LogP contribution in [0.3, 0.4) is 0 Å². The Balaban J connectivity index is 1.80. The number of aromatic nitrogens is 2. The molecule has 2 aromatic heterocycles. The molecule has 1 unspecified atom stereocenters. The highest BCUT2D eigenvalue weighted by molar-refractivity contribution is 7.89. The van der Waals surface area contributed by atoms with Gasteiger partial charge in [0.1, 0.15) is 11.4 Å². The summed E-state index contributed by atoms with van der Waals surface area (Å²) in [6.07, 6.45) is 1.16. The molecule has 152 valence electrons. The van der Waals surface area contributed by atoms with E-state index in [1.54, 1.807) is 19.1 Å². The first-order valence-electron chi connectivity index (χ1n) is 8.28. The van der Waals surface area contributed by atoms with Gasteiger partial charge in [0.15, 0.2) is 0 Å². The number of benzene rings is 1. The number of aliphatic imine (C=N–C) groups is 1. The summed E-state index contributed by atoms with van der Waals surface area (Å²) >= 11 is 7.66. The number of sulfonamides is 1. The lowest BCUT2D eigenvalue weighted by molar-refractivity contribution is 0.482. The number of nitrogens with two attached hydrogens (primary N) is 1. The summed E-state index contributed by atoms with van der Waals surface area (Å²) in [4.78, 5) is 5.53. The molecule has 0 amide bonds. The molecule has 0 bridgehead atoms. The second-order valence-corrected chi connectivity index (χ2v) is 10.2. The minimum atomic E-state index is -3.64. The summed E-state index contributed by atoms with van der Waals surface area (Å²) in [6, 6.07) is 5.96. The number of hydrogen-bond acceptors (Lipinski definition) is 8. The molecule has 0 spiro atoms. The molecule has 2 N–H and O–H groups in total. The molecule has 29 heavy (non-hydrogen) atoms. The first-order valence-corrected chi connectivity index (χ1v) is 11.1. The molecular formula is C17H15ClFN5O3S2. The van der Waals surface area contributed by atoms with Gasteiger partial charge in [0.25, 0.3) is 0 Å². The van der Waals surface area contributed by atoms with E-state index in [9.17, 15) is 12.8 Å². The largest absolute Gasteiger partial charge is 0.423 e. The van der Waals surface area contributed by atoms with Gasteiger partial charge in [-0.25, -0.2) is 22.1 Å². The van der Waals surface area contributed by atoms with Crippen molar-refractivity contribution in [2.45, 2.75) is 12.5 Å². The zero-order valence-corrected chi connectivity index (χ0v) is 17.6. The highest BCUT2D eigenvalue weighted by Crippen LogP contribution is 2.44. The van der Waals surface area contributed by atoms with Crippen LogP contribution in [0.15, 0.2) is 40.1 Å². The van der Waals surface area contributed by atoms with E-state index in [2.05, 4.69) is 15.2 Å². The van der Waals surface area contributed by atoms with Crippen molar-refractivity contribution < 1.29 is 17.2 Å². The quantitative estimate of drug-likeness (QED) is 0.649. The number of halogens is 2. The normalized spacial score (nSPS) is 21.2. The van der Waals surface area contributed by atoms with Crippen LogP contribution in [0.4, 0.5) is 4.39 Å². The van der Waals surface area contributed by atoms with Gasteiger partial charge in [-0.15, -0.1) is 21.5 Å². The molecule has 12 heteroatoms. The standard InChI is InChI=1S/C17H15ClFN5O3S2/c1-17(7-29(25,26)24(2)16(20)22-17)14-12(18)6-13(28-14)9-3-10(5-11(19)4-9)15-23-21-8-27-15/h3-6,8H,7H2,1-2H3,(H2,20,22). The van der Waals surface area contributed by atoms with Crippen molar-refractivity contribution in [3.05, 3.63) is 46.4 Å². The molecule has 1 atom stereocenters. The maximum atomic E-state index is 14.2. The average molecular weight is 456 g/mol. The summed E-state index contributed by atoms with van der Waals surface area (Å²) in [5.74, 6) is -0.710. The minimum absolute atomic E-state index is 0.116. The third-order valence-electron chi connectivity index (χ3n) is 4.53. The first-order chi connectivity index (χ1) is 13.6. The molecule has 0 saturated carbocycles. The zero-order chi connectivity index (χ0) is 21.0. The molecule has 1 aromatic carbocycles. The molecule has 0 aliphatic carbocycles. The van der Waals surface area contributed by atoms with Gasteiger partial charge in [-0.2, -0.15) is 0 Å². The van der Waals surface area contributed by atoms with Gasteiger partial charge in [0, 0.05) is 17.5 Å². The van der Waals surface area contributed by atoms with Crippen LogP contribution in [-0.4, -0.2) is 41.7 Å². The molecule has 1 aliphatic rings. The van der Waals surface area contributed by atoms with E-state index in [4.69, 9.17) is 21.8 Å². The third kappa shape index (κ3) is 3.49. The van der Waals surface area contributed by atoms with Crippen LogP contribution < -0.4 is 5.73 Å². The van der Waals surface area contributed by atoms with E-state index < -0.39 is 21.4 Å². The van der Waals surface area contributed by atoms with Crippen molar-refractivity contribution in [1.29, 1.82) is 0 Å². The van der Waals surface area contributed by atoms with Gasteiger partial charge < -0.3 is 10.2 Å². The molecule has 3 aromatic rings. The number of thiophene rings is 1. The summed E-state index contributed by atoms with van der Waals surface area (Å²) in [5, 5.41) is 7.72. The van der Waals surface area contributed by atoms with Crippen LogP contribution in [-0.2, 0) is 15.6 Å². The highest BCUT2D eigenvalue weighted by atomic mass is 35.5. The van der Waals surface area contributed by atoms with Gasteiger partial charge in [0.05, 0.1) is 15.7 Å². The number of rotatable bonds is 3. The number of hydrogen-bond donors (Lipinski definition) is 1. The maximum absolute atomic E-state index is 14.2. The average Bonchev–Trinajstić information content (AvgIpc) is 3.29. The van der Waals surface area contributed by atoms with E-state index >= 15 is 0 Å². The fraction of sp³-hybridized carbons (Fsp3) is 0.235. The molecular weight excluding hydrogens is 441 g/mol. The van der Waals surface area contributed by atoms with Crippen molar-refractivity contribution in [2.24, 2.45) is 10.7 Å². The molecule has 8 nitrogen and oxygen atoms in total. The van der Waals surface area contributed by atoms with Crippen LogP contribution >= 0.6 is 22.9 Å². The van der Waals surface area contributed by atoms with E-state index in [-0.39, 0.29) is 17.6 Å². The number of guanidine groups is 1. The van der Waals surface area contributed by atoms with E-state index in [1.165, 1.54) is 30.5 Å². The fourth-order valence-electron chi connectivity index (χ4n) is 3.10. The molecule has 4 rings (SSSR count). The zero-order valence-electron chi connectivity index (χ0n) is 15.3. The fourth-order valence-corrected chi connectivity index (χ4v) is 6.25. The summed E-state index contributed by atoms with van der Waals surface area (Å²) in [5.41, 5.74) is 5.61. The van der Waals surface area contributed by atoms with Gasteiger partial charge >= 0.3 is 0 Å². The van der Waals surface area contributed by atoms with Gasteiger partial charge in [-0.1, -0.05) is 11.6 Å². The predicted molar refractivity (Wildman–Crippen MR) is 109 cm³/mol. The van der Waals surface area contributed by atoms with Gasteiger partial charge in [0.2, 0.25) is 28.3 Å². The Bertz CT molecular complexity index is 1230. The van der Waals surface area contributed by atoms with Crippen LogP contribution in [0.1, 0.15) is 11.8 Å². The van der Waals surface area contributed by atoms with E-state index in [0.29, 0.717) is 25.9 Å². The molecule has 0 radical (unpaired) electrons. The van der Waals surface area contributed by atoms with E-state index in [1.807, 2.05) is 0 Å². The number of nitrogens with zero attached hydrogens (tertiary/aromatic N) is 4. The van der Waals surface area contributed by atoms with Gasteiger partial charge in [-0.05, 0) is 36.8 Å². The van der Waals surface area contributed by atoms with Crippen molar-refractivity contribution >= 4 is 38.9 Å². The second-order valence-electron chi connectivity index (χ2n) is 6.73. The molecule has 0 fully saturated rings. The Kier molecular flexibility index (Phi) is 4.63. The lowest BCUT2D eigenvalue weighted by Crippen LogP contribution is -2.50. The lowest BCUT2D eigenvalue weighted by Gasteiger charge is -2.33. The monoisotopic (exact) mass is 455 g/mol. The van der Waals surface area contributed by atoms with Crippen LogP contribution in [0.25, 0.3) is 21.9 Å². The Morgan fingerprint density at radius 3 is 2.69 bits per heavy atom. The Hall–Kier alpha value is -2.50. The van der Waals surface area contributed by atoms with Gasteiger partial charge in [-0.3, -0.25) is 0 Å². The Labute approximate surface area is 174 Å². The topological polar surface area (TPSA) is 115 Å². The van der Waals surface area contributed by atoms with Crippen LogP contribution in [0, 0.1) is 5.82 Å². The maximum Gasteiger partial charge on any atom is 0.247 e. The van der Waals surface area contributed by atoms with Crippen LogP contribution in [0.2, 0.25) is 5.02 Å². The van der Waals surface area contributed by atoms with Crippen molar-refractivity contribution in [3.63, 3.8) is 0 Å². The minimum Gasteiger partial charge on any atom is -0.423 e. The summed E-state index contributed by atoms with van der Waals surface area (Å²) < 4.78 is 45.2. The highest BCUT2D eigenvalue weighted by Gasteiger charge is 2.42. The summed E-state index contributed by atoms with van der Waals surface area (Å²) in [7, 11) is -2.30. The van der Waals surface area contributed by atoms with Crippen molar-refractivity contribution in [1.82, 2.24) is 14.5 Å². The SMILES string of the molecule is CN1C(N)=NC(C)(c2sc(-c3cc(F)cc(-c4nnco4)c3)cc2Cl)CS1(=O)=O. The predicted octanol–water partition coefficient (Wildman–Crippen LogP) is 3.06. The molecule has 0 saturated heterocycles. The Morgan fingerprint density at radius 2 is 2.03 bits per heavy atom. The van der Waals surface area contributed by atoms with Crippen molar-refractivity contribution in [2.75, 3.05) is 12.8 Å². The third-order valence-corrected chi connectivity index (χ3v) is 8.33. The molecule has 1 aliphatic heterocycles. The van der Waals surface area contributed by atoms with E-state index in [0.717, 1.165) is 10.7 Å². The first kappa shape index (κ1) is 19.8.